The number of fused-ring (bicyclic) bond motifs is 1. The fourth-order valence-electron chi connectivity index (χ4n) is 5.46. The molecule has 0 radical (unpaired) electrons. The zero-order chi connectivity index (χ0) is 22.0. The van der Waals surface area contributed by atoms with Crippen LogP contribution >= 0.6 is 0 Å². The first-order valence-electron chi connectivity index (χ1n) is 11.4. The molecular formula is C27H30F2O2. The number of benzene rings is 2. The molecule has 4 unspecified atom stereocenters. The van der Waals surface area contributed by atoms with Crippen molar-refractivity contribution in [3.05, 3.63) is 76.9 Å². The highest BCUT2D eigenvalue weighted by Crippen LogP contribution is 2.48. The molecule has 0 amide bonds. The number of hydrogen-bond acceptors (Lipinski definition) is 2. The molecule has 0 bridgehead atoms. The van der Waals surface area contributed by atoms with Gasteiger partial charge in [0.25, 0.3) is 0 Å². The molecule has 0 spiro atoms. The average Bonchev–Trinajstić information content (AvgIpc) is 2.77. The van der Waals surface area contributed by atoms with Crippen LogP contribution in [0.1, 0.15) is 72.9 Å². The molecule has 2 aromatic carbocycles. The molecule has 4 atom stereocenters. The quantitative estimate of drug-likeness (QED) is 0.291. The zero-order valence-corrected chi connectivity index (χ0v) is 18.2. The number of carbonyl (C=O) groups excluding carboxylic acids is 1. The van der Waals surface area contributed by atoms with Crippen LogP contribution in [-0.4, -0.2) is 5.97 Å². The number of esters is 1. The van der Waals surface area contributed by atoms with Crippen LogP contribution in [0.3, 0.4) is 0 Å². The van der Waals surface area contributed by atoms with Crippen molar-refractivity contribution in [2.45, 2.75) is 58.3 Å². The lowest BCUT2D eigenvalue weighted by molar-refractivity contribution is 0.0728. The molecule has 2 saturated carbocycles. The van der Waals surface area contributed by atoms with Crippen molar-refractivity contribution in [3.63, 3.8) is 0 Å². The summed E-state index contributed by atoms with van der Waals surface area (Å²) in [6, 6.07) is 9.83. The molecule has 4 heteroatoms. The Balaban J connectivity index is 1.46. The summed E-state index contributed by atoms with van der Waals surface area (Å²) in [5.74, 6) is -0.633. The second-order valence-corrected chi connectivity index (χ2v) is 9.16. The summed E-state index contributed by atoms with van der Waals surface area (Å²) in [5.41, 5.74) is 1.06. The summed E-state index contributed by atoms with van der Waals surface area (Å²) < 4.78 is 35.0. The first-order valence-corrected chi connectivity index (χ1v) is 11.4. The van der Waals surface area contributed by atoms with Gasteiger partial charge in [-0.3, -0.25) is 0 Å². The van der Waals surface area contributed by atoms with Crippen LogP contribution in [0.25, 0.3) is 0 Å². The lowest BCUT2D eigenvalue weighted by Gasteiger charge is -2.42. The van der Waals surface area contributed by atoms with Gasteiger partial charge in [0.1, 0.15) is 5.75 Å². The molecule has 0 N–H and O–H groups in total. The number of ether oxygens (including phenoxy) is 1. The first-order chi connectivity index (χ1) is 15.0. The van der Waals surface area contributed by atoms with E-state index >= 15 is 0 Å². The third kappa shape index (κ3) is 4.73. The van der Waals surface area contributed by atoms with Crippen LogP contribution in [0.2, 0.25) is 0 Å². The van der Waals surface area contributed by atoms with E-state index in [1.165, 1.54) is 18.9 Å². The van der Waals surface area contributed by atoms with Crippen LogP contribution < -0.4 is 4.74 Å². The van der Waals surface area contributed by atoms with E-state index in [1.807, 2.05) is 6.92 Å². The van der Waals surface area contributed by atoms with Gasteiger partial charge in [-0.2, -0.15) is 0 Å². The van der Waals surface area contributed by atoms with E-state index in [0.717, 1.165) is 31.2 Å². The van der Waals surface area contributed by atoms with E-state index < -0.39 is 17.6 Å². The normalized spacial score (nSPS) is 25.9. The molecule has 0 saturated heterocycles. The topological polar surface area (TPSA) is 26.3 Å². The highest BCUT2D eigenvalue weighted by atomic mass is 19.2. The molecule has 31 heavy (non-hydrogen) atoms. The molecule has 2 nitrogen and oxygen atoms in total. The zero-order valence-electron chi connectivity index (χ0n) is 18.2. The number of allylic oxidation sites excluding steroid dienone is 2. The van der Waals surface area contributed by atoms with Crippen LogP contribution in [0, 0.1) is 36.3 Å². The maximum absolute atomic E-state index is 15.0. The van der Waals surface area contributed by atoms with Gasteiger partial charge in [-0.25, -0.2) is 13.6 Å². The van der Waals surface area contributed by atoms with Crippen molar-refractivity contribution in [2.24, 2.45) is 17.8 Å². The van der Waals surface area contributed by atoms with Gasteiger partial charge in [-0.1, -0.05) is 35.9 Å². The fourth-order valence-corrected chi connectivity index (χ4v) is 5.46. The summed E-state index contributed by atoms with van der Waals surface area (Å²) in [5, 5.41) is 0. The first kappa shape index (κ1) is 21.7. The van der Waals surface area contributed by atoms with Crippen LogP contribution in [0.4, 0.5) is 8.78 Å². The maximum atomic E-state index is 15.0. The summed E-state index contributed by atoms with van der Waals surface area (Å²) in [6.07, 6.45) is 10.8. The number of halogens is 2. The van der Waals surface area contributed by atoms with E-state index in [4.69, 9.17) is 4.74 Å². The second-order valence-electron chi connectivity index (χ2n) is 9.16. The van der Waals surface area contributed by atoms with Gasteiger partial charge in [-0.15, -0.1) is 0 Å². The number of hydrogen-bond donors (Lipinski definition) is 0. The molecule has 0 heterocycles. The van der Waals surface area contributed by atoms with Crippen LogP contribution in [-0.2, 0) is 0 Å². The number of aryl methyl sites for hydroxylation is 1. The van der Waals surface area contributed by atoms with Gasteiger partial charge >= 0.3 is 5.97 Å². The summed E-state index contributed by atoms with van der Waals surface area (Å²) in [7, 11) is 0. The third-order valence-corrected chi connectivity index (χ3v) is 7.12. The Morgan fingerprint density at radius 2 is 1.65 bits per heavy atom. The predicted octanol–water partition coefficient (Wildman–Crippen LogP) is 7.37. The summed E-state index contributed by atoms with van der Waals surface area (Å²) in [4.78, 5) is 12.4. The molecule has 2 aromatic rings. The lowest BCUT2D eigenvalue weighted by Crippen LogP contribution is -2.30. The molecular weight excluding hydrogens is 394 g/mol. The Morgan fingerprint density at radius 1 is 0.935 bits per heavy atom. The Bertz CT molecular complexity index is 964. The van der Waals surface area contributed by atoms with E-state index in [9.17, 15) is 13.6 Å². The van der Waals surface area contributed by atoms with Crippen LogP contribution in [0.15, 0.2) is 48.6 Å². The lowest BCUT2D eigenvalue weighted by atomic mass is 9.64. The Labute approximate surface area is 183 Å². The molecule has 164 valence electrons. The summed E-state index contributed by atoms with van der Waals surface area (Å²) >= 11 is 0. The van der Waals surface area contributed by atoms with Crippen molar-refractivity contribution < 1.29 is 18.3 Å². The molecule has 0 aromatic heterocycles. The minimum absolute atomic E-state index is 0.0104. The highest BCUT2D eigenvalue weighted by molar-refractivity contribution is 5.91. The monoisotopic (exact) mass is 424 g/mol. The molecule has 2 aliphatic carbocycles. The molecule has 0 aliphatic heterocycles. The maximum Gasteiger partial charge on any atom is 0.346 e. The smallest absolute Gasteiger partial charge is 0.346 e. The van der Waals surface area contributed by atoms with E-state index in [0.29, 0.717) is 29.1 Å². The molecule has 4 rings (SSSR count). The van der Waals surface area contributed by atoms with Crippen molar-refractivity contribution in [1.82, 2.24) is 0 Å². The Kier molecular flexibility index (Phi) is 6.54. The van der Waals surface area contributed by atoms with Gasteiger partial charge in [0, 0.05) is 0 Å². The fraction of sp³-hybridized carbons (Fsp3) is 0.444. The van der Waals surface area contributed by atoms with E-state index in [-0.39, 0.29) is 11.5 Å². The largest absolute Gasteiger partial charge is 0.423 e. The molecule has 2 aliphatic rings. The standard InChI is InChI=1S/C27H30F2O2/c1-3-4-18-7-8-20-16-21(10-9-19(20)15-18)23-13-14-24(26(29)25(23)28)27(30)31-22-11-5-17(2)6-12-22/h3-6,11-14,18-21H,7-10,15-16H2,1-2H3/b4-3+. The van der Waals surface area contributed by atoms with Crippen molar-refractivity contribution in [1.29, 1.82) is 0 Å². The minimum atomic E-state index is -1.10. The van der Waals surface area contributed by atoms with Crippen molar-refractivity contribution >= 4 is 5.97 Å². The number of rotatable bonds is 4. The third-order valence-electron chi connectivity index (χ3n) is 7.12. The van der Waals surface area contributed by atoms with Crippen molar-refractivity contribution in [2.75, 3.05) is 0 Å². The van der Waals surface area contributed by atoms with Gasteiger partial charge in [-0.05, 0) is 99.8 Å². The minimum Gasteiger partial charge on any atom is -0.423 e. The van der Waals surface area contributed by atoms with Gasteiger partial charge in [0.05, 0.1) is 5.56 Å². The highest BCUT2D eigenvalue weighted by Gasteiger charge is 2.36. The van der Waals surface area contributed by atoms with E-state index in [1.54, 1.807) is 30.3 Å². The SMILES string of the molecule is C/C=C/C1CCC2CC(c3ccc(C(=O)Oc4ccc(C)cc4)c(F)c3F)CCC2C1. The van der Waals surface area contributed by atoms with Gasteiger partial charge in [0.2, 0.25) is 0 Å². The molecule has 2 fully saturated rings. The Morgan fingerprint density at radius 3 is 2.39 bits per heavy atom. The average molecular weight is 425 g/mol. The summed E-state index contributed by atoms with van der Waals surface area (Å²) in [6.45, 7) is 3.99. The van der Waals surface area contributed by atoms with Crippen LogP contribution in [0.5, 0.6) is 5.75 Å². The van der Waals surface area contributed by atoms with Crippen molar-refractivity contribution in [3.8, 4) is 5.75 Å². The Hall–Kier alpha value is -2.49. The predicted molar refractivity (Wildman–Crippen MR) is 118 cm³/mol. The number of carbonyl (C=O) groups is 1. The van der Waals surface area contributed by atoms with E-state index in [2.05, 4.69) is 19.1 Å². The van der Waals surface area contributed by atoms with Gasteiger partial charge in [0.15, 0.2) is 11.6 Å². The van der Waals surface area contributed by atoms with Gasteiger partial charge < -0.3 is 4.74 Å². The second kappa shape index (κ2) is 9.33.